The summed E-state index contributed by atoms with van der Waals surface area (Å²) < 4.78 is 22.4. The summed E-state index contributed by atoms with van der Waals surface area (Å²) in [4.78, 5) is 3.15. The molecule has 1 aliphatic heterocycles. The summed E-state index contributed by atoms with van der Waals surface area (Å²) in [6.07, 6.45) is 0.891. The summed E-state index contributed by atoms with van der Waals surface area (Å²) in [6, 6.07) is 3.34. The van der Waals surface area contributed by atoms with E-state index in [1.807, 2.05) is 27.2 Å². The molecular formula is C12H12FIN2OS. The molecule has 0 saturated carbocycles. The fraction of sp³-hybridized carbons (Fsp3) is 0.417. The van der Waals surface area contributed by atoms with Crippen molar-refractivity contribution >= 4 is 45.8 Å². The van der Waals surface area contributed by atoms with Gasteiger partial charge in [-0.1, -0.05) is 0 Å². The van der Waals surface area contributed by atoms with Gasteiger partial charge in [-0.15, -0.1) is 0 Å². The number of H-pyrrole nitrogens is 1. The molecule has 3 nitrogen and oxygen atoms in total. The van der Waals surface area contributed by atoms with Gasteiger partial charge >= 0.3 is 0 Å². The van der Waals surface area contributed by atoms with Crippen molar-refractivity contribution in [1.82, 2.24) is 9.55 Å². The van der Waals surface area contributed by atoms with E-state index in [0.29, 0.717) is 14.9 Å². The van der Waals surface area contributed by atoms with Crippen molar-refractivity contribution in [2.24, 2.45) is 0 Å². The van der Waals surface area contributed by atoms with E-state index >= 15 is 0 Å². The number of fused-ring (bicyclic) bond motifs is 1. The number of halogens is 2. The molecule has 1 fully saturated rings. The molecule has 6 heteroatoms. The molecule has 1 aliphatic rings. The van der Waals surface area contributed by atoms with Crippen LogP contribution in [-0.4, -0.2) is 22.8 Å². The smallest absolute Gasteiger partial charge is 0.178 e. The SMILES string of the molecule is CC1(n2c(=S)[nH]c3cc(I)c(F)cc32)CCOC1. The number of ether oxygens (including phenoxy) is 1. The zero-order valence-corrected chi connectivity index (χ0v) is 12.8. The van der Waals surface area contributed by atoms with E-state index in [1.54, 1.807) is 12.1 Å². The summed E-state index contributed by atoms with van der Waals surface area (Å²) in [5.74, 6) is -0.214. The third-order valence-electron chi connectivity index (χ3n) is 3.46. The second kappa shape index (κ2) is 4.28. The minimum Gasteiger partial charge on any atom is -0.379 e. The molecule has 0 aliphatic carbocycles. The third-order valence-corrected chi connectivity index (χ3v) is 4.57. The second-order valence-electron chi connectivity index (χ2n) is 4.85. The molecule has 0 amide bonds. The van der Waals surface area contributed by atoms with Crippen molar-refractivity contribution < 1.29 is 9.13 Å². The molecule has 1 N–H and O–H groups in total. The molecule has 1 atom stereocenters. The highest BCUT2D eigenvalue weighted by atomic mass is 127. The van der Waals surface area contributed by atoms with Gasteiger partial charge in [0.25, 0.3) is 0 Å². The van der Waals surface area contributed by atoms with Gasteiger partial charge < -0.3 is 14.3 Å². The Morgan fingerprint density at radius 2 is 2.33 bits per heavy atom. The lowest BCUT2D eigenvalue weighted by Gasteiger charge is -2.24. The number of aromatic nitrogens is 2. The molecule has 0 bridgehead atoms. The van der Waals surface area contributed by atoms with Crippen LogP contribution in [0.3, 0.4) is 0 Å². The van der Waals surface area contributed by atoms with Gasteiger partial charge in [-0.2, -0.15) is 0 Å². The summed E-state index contributed by atoms with van der Waals surface area (Å²) in [6.45, 7) is 3.43. The lowest BCUT2D eigenvalue weighted by molar-refractivity contribution is 0.162. The summed E-state index contributed by atoms with van der Waals surface area (Å²) in [5, 5.41) is 0. The number of nitrogens with one attached hydrogen (secondary N) is 1. The first-order valence-corrected chi connectivity index (χ1v) is 7.18. The molecule has 18 heavy (non-hydrogen) atoms. The van der Waals surface area contributed by atoms with E-state index < -0.39 is 0 Å². The van der Waals surface area contributed by atoms with Crippen LogP contribution < -0.4 is 0 Å². The first kappa shape index (κ1) is 12.6. The zero-order chi connectivity index (χ0) is 12.9. The Morgan fingerprint density at radius 1 is 1.56 bits per heavy atom. The van der Waals surface area contributed by atoms with Crippen LogP contribution in [0.2, 0.25) is 0 Å². The summed E-state index contributed by atoms with van der Waals surface area (Å²) in [7, 11) is 0. The number of aromatic amines is 1. The molecule has 1 aromatic carbocycles. The minimum absolute atomic E-state index is 0.186. The Kier molecular flexibility index (Phi) is 2.98. The molecule has 0 radical (unpaired) electrons. The van der Waals surface area contributed by atoms with Crippen molar-refractivity contribution in [3.05, 3.63) is 26.3 Å². The first-order chi connectivity index (χ1) is 8.51. The highest BCUT2D eigenvalue weighted by molar-refractivity contribution is 14.1. The van der Waals surface area contributed by atoms with E-state index in [2.05, 4.69) is 11.9 Å². The van der Waals surface area contributed by atoms with Crippen LogP contribution in [0.5, 0.6) is 0 Å². The van der Waals surface area contributed by atoms with Crippen LogP contribution in [0.4, 0.5) is 4.39 Å². The van der Waals surface area contributed by atoms with E-state index in [1.165, 1.54) is 0 Å². The van der Waals surface area contributed by atoms with Crippen molar-refractivity contribution in [1.29, 1.82) is 0 Å². The van der Waals surface area contributed by atoms with Crippen LogP contribution in [0, 0.1) is 14.2 Å². The van der Waals surface area contributed by atoms with E-state index in [9.17, 15) is 4.39 Å². The summed E-state index contributed by atoms with van der Waals surface area (Å²) in [5.41, 5.74) is 1.50. The third kappa shape index (κ3) is 1.81. The maximum Gasteiger partial charge on any atom is 0.178 e. The second-order valence-corrected chi connectivity index (χ2v) is 6.40. The predicted octanol–water partition coefficient (Wildman–Crippen LogP) is 3.58. The van der Waals surface area contributed by atoms with E-state index in [4.69, 9.17) is 17.0 Å². The fourth-order valence-corrected chi connectivity index (χ4v) is 3.37. The van der Waals surface area contributed by atoms with Gasteiger partial charge in [-0.25, -0.2) is 4.39 Å². The Balaban J connectivity index is 2.32. The quantitative estimate of drug-likeness (QED) is 0.608. The molecule has 1 aromatic heterocycles. The number of rotatable bonds is 1. The number of hydrogen-bond acceptors (Lipinski definition) is 2. The maximum atomic E-state index is 13.7. The lowest BCUT2D eigenvalue weighted by Crippen LogP contribution is -2.30. The van der Waals surface area contributed by atoms with Crippen molar-refractivity contribution in [2.45, 2.75) is 18.9 Å². The van der Waals surface area contributed by atoms with Crippen LogP contribution in [0.25, 0.3) is 11.0 Å². The molecule has 3 rings (SSSR count). The molecule has 2 aromatic rings. The standard InChI is InChI=1S/C12H12FIN2OS/c1-12(2-3-17-6-12)16-10-4-7(13)8(14)5-9(10)15-11(16)18/h4-5H,2-3,6H2,1H3,(H,15,18). The van der Waals surface area contributed by atoms with Gasteiger partial charge in [-0.3, -0.25) is 0 Å². The Morgan fingerprint density at radius 3 is 3.00 bits per heavy atom. The largest absolute Gasteiger partial charge is 0.379 e. The van der Waals surface area contributed by atoms with Gasteiger partial charge in [0, 0.05) is 12.7 Å². The number of benzene rings is 1. The van der Waals surface area contributed by atoms with Gasteiger partial charge in [0.15, 0.2) is 4.77 Å². The summed E-state index contributed by atoms with van der Waals surface area (Å²) >= 11 is 7.36. The van der Waals surface area contributed by atoms with Gasteiger partial charge in [0.2, 0.25) is 0 Å². The van der Waals surface area contributed by atoms with E-state index in [0.717, 1.165) is 24.1 Å². The highest BCUT2D eigenvalue weighted by Gasteiger charge is 2.33. The van der Waals surface area contributed by atoms with Gasteiger partial charge in [0.1, 0.15) is 5.82 Å². The Bertz CT molecular complexity index is 673. The predicted molar refractivity (Wildman–Crippen MR) is 78.9 cm³/mol. The molecular weight excluding hydrogens is 366 g/mol. The molecule has 2 heterocycles. The topological polar surface area (TPSA) is 29.9 Å². The highest BCUT2D eigenvalue weighted by Crippen LogP contribution is 2.32. The average molecular weight is 378 g/mol. The van der Waals surface area contributed by atoms with Crippen LogP contribution in [-0.2, 0) is 10.3 Å². The fourth-order valence-electron chi connectivity index (χ4n) is 2.47. The number of hydrogen-bond donors (Lipinski definition) is 1. The average Bonchev–Trinajstić information content (AvgIpc) is 2.84. The van der Waals surface area contributed by atoms with E-state index in [-0.39, 0.29) is 11.4 Å². The Hall–Kier alpha value is -0.470. The van der Waals surface area contributed by atoms with Crippen LogP contribution >= 0.6 is 34.8 Å². The molecule has 1 unspecified atom stereocenters. The zero-order valence-electron chi connectivity index (χ0n) is 9.80. The minimum atomic E-state index is -0.214. The van der Waals surface area contributed by atoms with Crippen molar-refractivity contribution in [3.8, 4) is 0 Å². The molecule has 1 saturated heterocycles. The number of imidazole rings is 1. The maximum absolute atomic E-state index is 13.7. The number of nitrogens with zero attached hydrogens (tertiary/aromatic N) is 1. The van der Waals surface area contributed by atoms with Crippen LogP contribution in [0.15, 0.2) is 12.1 Å². The monoisotopic (exact) mass is 378 g/mol. The van der Waals surface area contributed by atoms with Crippen LogP contribution in [0.1, 0.15) is 13.3 Å². The molecule has 0 spiro atoms. The lowest BCUT2D eigenvalue weighted by atomic mass is 10.0. The molecule has 96 valence electrons. The normalized spacial score (nSPS) is 23.9. The first-order valence-electron chi connectivity index (χ1n) is 5.69. The Labute approximate surface area is 122 Å². The van der Waals surface area contributed by atoms with Gasteiger partial charge in [-0.05, 0) is 54.2 Å². The van der Waals surface area contributed by atoms with Crippen molar-refractivity contribution in [3.63, 3.8) is 0 Å². The van der Waals surface area contributed by atoms with Gasteiger partial charge in [0.05, 0.1) is 26.7 Å². The van der Waals surface area contributed by atoms with Crippen molar-refractivity contribution in [2.75, 3.05) is 13.2 Å².